The van der Waals surface area contributed by atoms with Crippen LogP contribution >= 0.6 is 15.9 Å². The Hall–Kier alpha value is -1.53. The predicted molar refractivity (Wildman–Crippen MR) is 78.2 cm³/mol. The number of rotatable bonds is 3. The van der Waals surface area contributed by atoms with Gasteiger partial charge in [-0.1, -0.05) is 28.1 Å². The molecule has 2 rings (SSSR count). The number of benzene rings is 2. The molecule has 1 atom stereocenters. The van der Waals surface area contributed by atoms with Crippen LogP contribution in [-0.4, -0.2) is 7.11 Å². The summed E-state index contributed by atoms with van der Waals surface area (Å²) in [6.45, 7) is 0. The molecule has 0 heterocycles. The zero-order chi connectivity index (χ0) is 15.6. The highest BCUT2D eigenvalue weighted by atomic mass is 79.9. The predicted octanol–water partition coefficient (Wildman–Crippen LogP) is 4.52. The summed E-state index contributed by atoms with van der Waals surface area (Å²) in [6.07, 6.45) is -4.40. The fourth-order valence-corrected chi connectivity index (χ4v) is 2.47. The Morgan fingerprint density at radius 1 is 1.14 bits per heavy atom. The number of nitrogens with two attached hydrogens (primary N) is 1. The topological polar surface area (TPSA) is 35.2 Å². The SMILES string of the molecule is COc1cccc(C(N)c2cc(C(F)(F)F)ccc2Br)c1. The van der Waals surface area contributed by atoms with Crippen molar-refractivity contribution in [2.45, 2.75) is 12.2 Å². The van der Waals surface area contributed by atoms with Crippen LogP contribution < -0.4 is 10.5 Å². The molecule has 21 heavy (non-hydrogen) atoms. The van der Waals surface area contributed by atoms with Crippen molar-refractivity contribution in [2.24, 2.45) is 5.73 Å². The van der Waals surface area contributed by atoms with Crippen LogP contribution in [0, 0.1) is 0 Å². The van der Waals surface area contributed by atoms with Crippen LogP contribution in [0.1, 0.15) is 22.7 Å². The molecule has 0 saturated carbocycles. The maximum absolute atomic E-state index is 12.8. The second kappa shape index (κ2) is 6.07. The van der Waals surface area contributed by atoms with Gasteiger partial charge in [0.05, 0.1) is 18.7 Å². The van der Waals surface area contributed by atoms with Crippen LogP contribution in [0.4, 0.5) is 13.2 Å². The minimum Gasteiger partial charge on any atom is -0.497 e. The molecule has 0 aliphatic carbocycles. The monoisotopic (exact) mass is 359 g/mol. The number of alkyl halides is 3. The fourth-order valence-electron chi connectivity index (χ4n) is 1.97. The van der Waals surface area contributed by atoms with Crippen molar-refractivity contribution in [3.63, 3.8) is 0 Å². The Morgan fingerprint density at radius 2 is 1.86 bits per heavy atom. The molecule has 0 spiro atoms. The maximum atomic E-state index is 12.8. The average molecular weight is 360 g/mol. The van der Waals surface area contributed by atoms with E-state index in [4.69, 9.17) is 10.5 Å². The van der Waals surface area contributed by atoms with Crippen LogP contribution in [0.3, 0.4) is 0 Å². The van der Waals surface area contributed by atoms with Gasteiger partial charge in [0.1, 0.15) is 5.75 Å². The Bertz CT molecular complexity index is 643. The summed E-state index contributed by atoms with van der Waals surface area (Å²) < 4.78 is 44.1. The van der Waals surface area contributed by atoms with Gasteiger partial charge in [-0.3, -0.25) is 0 Å². The zero-order valence-electron chi connectivity index (χ0n) is 11.1. The van der Waals surface area contributed by atoms with E-state index in [0.717, 1.165) is 12.1 Å². The standard InChI is InChI=1S/C15H13BrF3NO/c1-21-11-4-2-3-9(7-11)14(20)12-8-10(15(17,18)19)5-6-13(12)16/h2-8,14H,20H2,1H3. The van der Waals surface area contributed by atoms with Gasteiger partial charge in [-0.05, 0) is 41.5 Å². The first-order chi connectivity index (χ1) is 9.82. The number of halogens is 4. The number of ether oxygens (including phenoxy) is 1. The van der Waals surface area contributed by atoms with Crippen molar-refractivity contribution in [3.05, 3.63) is 63.6 Å². The molecule has 0 amide bonds. The number of hydrogen-bond donors (Lipinski definition) is 1. The van der Waals surface area contributed by atoms with E-state index < -0.39 is 17.8 Å². The molecule has 2 N–H and O–H groups in total. The third-order valence-corrected chi connectivity index (χ3v) is 3.83. The highest BCUT2D eigenvalue weighted by Crippen LogP contribution is 2.35. The molecule has 2 aromatic carbocycles. The summed E-state index contributed by atoms with van der Waals surface area (Å²) in [6, 6.07) is 9.71. The molecule has 0 aliphatic rings. The van der Waals surface area contributed by atoms with Crippen molar-refractivity contribution in [1.82, 2.24) is 0 Å². The van der Waals surface area contributed by atoms with Crippen LogP contribution in [0.15, 0.2) is 46.9 Å². The van der Waals surface area contributed by atoms with Crippen molar-refractivity contribution in [2.75, 3.05) is 7.11 Å². The molecule has 0 aliphatic heterocycles. The van der Waals surface area contributed by atoms with Crippen molar-refractivity contribution in [3.8, 4) is 5.75 Å². The molecule has 0 saturated heterocycles. The van der Waals surface area contributed by atoms with Gasteiger partial charge in [0.25, 0.3) is 0 Å². The molecule has 1 unspecified atom stereocenters. The molecule has 0 radical (unpaired) electrons. The van der Waals surface area contributed by atoms with Crippen LogP contribution in [0.25, 0.3) is 0 Å². The lowest BCUT2D eigenvalue weighted by molar-refractivity contribution is -0.137. The summed E-state index contributed by atoms with van der Waals surface area (Å²) in [7, 11) is 1.52. The molecule has 0 aromatic heterocycles. The molecule has 0 fully saturated rings. The van der Waals surface area contributed by atoms with Gasteiger partial charge in [-0.25, -0.2) is 0 Å². The molecule has 0 bridgehead atoms. The Balaban J connectivity index is 2.44. The van der Waals surface area contributed by atoms with E-state index in [1.54, 1.807) is 24.3 Å². The van der Waals surface area contributed by atoms with Gasteiger partial charge in [0.15, 0.2) is 0 Å². The second-order valence-corrected chi connectivity index (χ2v) is 5.34. The van der Waals surface area contributed by atoms with Crippen molar-refractivity contribution < 1.29 is 17.9 Å². The average Bonchev–Trinajstić information content (AvgIpc) is 2.46. The third kappa shape index (κ3) is 3.57. The summed E-state index contributed by atoms with van der Waals surface area (Å²) in [5.74, 6) is 0.603. The van der Waals surface area contributed by atoms with Crippen LogP contribution in [-0.2, 0) is 6.18 Å². The number of methoxy groups -OCH3 is 1. The smallest absolute Gasteiger partial charge is 0.416 e. The zero-order valence-corrected chi connectivity index (χ0v) is 12.7. The van der Waals surface area contributed by atoms with Gasteiger partial charge in [-0.2, -0.15) is 13.2 Å². The summed E-state index contributed by atoms with van der Waals surface area (Å²) in [5, 5.41) is 0. The summed E-state index contributed by atoms with van der Waals surface area (Å²) >= 11 is 3.25. The lowest BCUT2D eigenvalue weighted by Gasteiger charge is -2.17. The van der Waals surface area contributed by atoms with Crippen LogP contribution in [0.2, 0.25) is 0 Å². The minimum atomic E-state index is -4.40. The number of hydrogen-bond acceptors (Lipinski definition) is 2. The fraction of sp³-hybridized carbons (Fsp3) is 0.200. The first-order valence-electron chi connectivity index (χ1n) is 6.09. The maximum Gasteiger partial charge on any atom is 0.416 e. The van der Waals surface area contributed by atoms with Gasteiger partial charge < -0.3 is 10.5 Å². The van der Waals surface area contributed by atoms with E-state index in [9.17, 15) is 13.2 Å². The first kappa shape index (κ1) is 15.9. The van der Waals surface area contributed by atoms with Gasteiger partial charge in [-0.15, -0.1) is 0 Å². The highest BCUT2D eigenvalue weighted by molar-refractivity contribution is 9.10. The van der Waals surface area contributed by atoms with Gasteiger partial charge >= 0.3 is 6.18 Å². The van der Waals surface area contributed by atoms with Gasteiger partial charge in [0, 0.05) is 4.47 Å². The summed E-state index contributed by atoms with van der Waals surface area (Å²) in [4.78, 5) is 0. The Morgan fingerprint density at radius 3 is 2.48 bits per heavy atom. The molecule has 2 nitrogen and oxygen atoms in total. The third-order valence-electron chi connectivity index (χ3n) is 3.11. The molecule has 2 aromatic rings. The molecule has 6 heteroatoms. The van der Waals surface area contributed by atoms with Gasteiger partial charge in [0.2, 0.25) is 0 Å². The first-order valence-corrected chi connectivity index (χ1v) is 6.88. The quantitative estimate of drug-likeness (QED) is 0.873. The normalized spacial score (nSPS) is 13.0. The molecular formula is C15H13BrF3NO. The van der Waals surface area contributed by atoms with Crippen LogP contribution in [0.5, 0.6) is 5.75 Å². The Kier molecular flexibility index (Phi) is 4.58. The molecular weight excluding hydrogens is 347 g/mol. The van der Waals surface area contributed by atoms with E-state index in [2.05, 4.69) is 15.9 Å². The largest absolute Gasteiger partial charge is 0.497 e. The Labute approximate surface area is 128 Å². The lowest BCUT2D eigenvalue weighted by atomic mass is 9.97. The van der Waals surface area contributed by atoms with E-state index >= 15 is 0 Å². The van der Waals surface area contributed by atoms with Crippen molar-refractivity contribution >= 4 is 15.9 Å². The molecule has 112 valence electrons. The summed E-state index contributed by atoms with van der Waals surface area (Å²) in [5.41, 5.74) is 6.43. The second-order valence-electron chi connectivity index (χ2n) is 4.49. The van der Waals surface area contributed by atoms with E-state index in [-0.39, 0.29) is 0 Å². The minimum absolute atomic E-state index is 0.373. The lowest BCUT2D eigenvalue weighted by Crippen LogP contribution is -2.14. The highest BCUT2D eigenvalue weighted by Gasteiger charge is 2.31. The van der Waals surface area contributed by atoms with E-state index in [1.165, 1.54) is 13.2 Å². The van der Waals surface area contributed by atoms with E-state index in [1.807, 2.05) is 0 Å². The van der Waals surface area contributed by atoms with E-state index in [0.29, 0.717) is 21.3 Å². The van der Waals surface area contributed by atoms with Crippen molar-refractivity contribution in [1.29, 1.82) is 0 Å².